The molecule has 0 fully saturated rings. The minimum absolute atomic E-state index is 0.330. The first kappa shape index (κ1) is 16.4. The molecule has 7 nitrogen and oxygen atoms in total. The lowest BCUT2D eigenvalue weighted by Gasteiger charge is -2.08. The second-order valence-electron chi connectivity index (χ2n) is 5.47. The van der Waals surface area contributed by atoms with Gasteiger partial charge >= 0.3 is 6.03 Å². The molecule has 0 radical (unpaired) electrons. The maximum Gasteiger partial charge on any atom is 0.327 e. The number of carbonyl (C=O) groups is 2. The molecule has 2 aromatic heterocycles. The van der Waals surface area contributed by atoms with Crippen LogP contribution in [-0.2, 0) is 0 Å². The molecule has 0 bridgehead atoms. The Hall–Kier alpha value is -3.48. The van der Waals surface area contributed by atoms with Crippen LogP contribution >= 0.6 is 0 Å². The third kappa shape index (κ3) is 3.55. The zero-order chi connectivity index (χ0) is 17.8. The third-order valence-electron chi connectivity index (χ3n) is 3.72. The van der Waals surface area contributed by atoms with E-state index in [0.29, 0.717) is 17.1 Å². The molecular weight excluding hydrogens is 318 g/mol. The highest BCUT2D eigenvalue weighted by Crippen LogP contribution is 2.14. The zero-order valence-corrected chi connectivity index (χ0v) is 13.9. The van der Waals surface area contributed by atoms with Gasteiger partial charge in [-0.2, -0.15) is 5.10 Å². The summed E-state index contributed by atoms with van der Waals surface area (Å²) in [5.41, 5.74) is 2.62. The van der Waals surface area contributed by atoms with E-state index in [1.54, 1.807) is 23.9 Å². The van der Waals surface area contributed by atoms with E-state index in [-0.39, 0.29) is 0 Å². The van der Waals surface area contributed by atoms with E-state index in [4.69, 9.17) is 0 Å². The number of nitrogens with one attached hydrogen (secondary N) is 2. The lowest BCUT2D eigenvalue weighted by atomic mass is 10.2. The van der Waals surface area contributed by atoms with Crippen molar-refractivity contribution in [2.75, 3.05) is 5.32 Å². The van der Waals surface area contributed by atoms with Crippen LogP contribution in [0, 0.1) is 13.8 Å². The van der Waals surface area contributed by atoms with Crippen molar-refractivity contribution in [3.8, 4) is 5.69 Å². The van der Waals surface area contributed by atoms with Crippen LogP contribution in [0.25, 0.3) is 5.69 Å². The molecule has 0 aliphatic carbocycles. The van der Waals surface area contributed by atoms with Gasteiger partial charge in [0.05, 0.1) is 23.1 Å². The van der Waals surface area contributed by atoms with Gasteiger partial charge in [-0.05, 0) is 37.6 Å². The Labute approximate surface area is 144 Å². The molecular formula is C18H17N5O2. The smallest absolute Gasteiger partial charge is 0.292 e. The quantitative estimate of drug-likeness (QED) is 0.770. The van der Waals surface area contributed by atoms with Crippen molar-refractivity contribution in [3.63, 3.8) is 0 Å². The lowest BCUT2D eigenvalue weighted by Crippen LogP contribution is -2.35. The number of hydrogen-bond donors (Lipinski definition) is 2. The number of aromatic nitrogens is 3. The number of imide groups is 1. The number of anilines is 1. The van der Waals surface area contributed by atoms with Crippen molar-refractivity contribution in [2.45, 2.75) is 13.8 Å². The topological polar surface area (TPSA) is 88.9 Å². The van der Waals surface area contributed by atoms with Gasteiger partial charge < -0.3 is 0 Å². The summed E-state index contributed by atoms with van der Waals surface area (Å²) >= 11 is 0. The number of urea groups is 1. The van der Waals surface area contributed by atoms with Gasteiger partial charge in [0.15, 0.2) is 0 Å². The molecule has 0 saturated carbocycles. The Kier molecular flexibility index (Phi) is 4.56. The first-order valence-corrected chi connectivity index (χ1v) is 7.70. The normalized spacial score (nSPS) is 10.3. The van der Waals surface area contributed by atoms with Crippen molar-refractivity contribution in [1.82, 2.24) is 20.1 Å². The Morgan fingerprint density at radius 3 is 2.52 bits per heavy atom. The fraction of sp³-hybridized carbons (Fsp3) is 0.111. The highest BCUT2D eigenvalue weighted by Gasteiger charge is 2.17. The Morgan fingerprint density at radius 1 is 1.04 bits per heavy atom. The minimum Gasteiger partial charge on any atom is -0.292 e. The average molecular weight is 335 g/mol. The molecule has 0 unspecified atom stereocenters. The largest absolute Gasteiger partial charge is 0.327 e. The highest BCUT2D eigenvalue weighted by molar-refractivity contribution is 6.08. The second kappa shape index (κ2) is 6.96. The van der Waals surface area contributed by atoms with Gasteiger partial charge in [0.1, 0.15) is 5.82 Å². The number of hydrogen-bond acceptors (Lipinski definition) is 4. The van der Waals surface area contributed by atoms with Gasteiger partial charge in [0.2, 0.25) is 0 Å². The van der Waals surface area contributed by atoms with Gasteiger partial charge in [-0.25, -0.2) is 14.5 Å². The zero-order valence-electron chi connectivity index (χ0n) is 13.9. The second-order valence-corrected chi connectivity index (χ2v) is 5.47. The number of nitrogens with zero attached hydrogens (tertiary/aromatic N) is 3. The maximum absolute atomic E-state index is 12.4. The molecule has 3 aromatic rings. The van der Waals surface area contributed by atoms with E-state index in [2.05, 4.69) is 20.7 Å². The van der Waals surface area contributed by atoms with Gasteiger partial charge in [-0.3, -0.25) is 15.4 Å². The van der Waals surface area contributed by atoms with Gasteiger partial charge in [0, 0.05) is 6.20 Å². The molecule has 7 heteroatoms. The van der Waals surface area contributed by atoms with Gasteiger partial charge in [0.25, 0.3) is 5.91 Å². The molecule has 0 aliphatic heterocycles. The Morgan fingerprint density at radius 2 is 1.80 bits per heavy atom. The standard InChI is InChI=1S/C18H17N5O2/c1-12-7-6-10-19-16(12)21-18(25)22-17(24)15-11-20-23(13(15)2)14-8-4-3-5-9-14/h3-11H,1-2H3,(H2,19,21,22,24,25). The fourth-order valence-electron chi connectivity index (χ4n) is 2.39. The van der Waals surface area contributed by atoms with Crippen LogP contribution in [-0.4, -0.2) is 26.7 Å². The van der Waals surface area contributed by atoms with Gasteiger partial charge in [-0.15, -0.1) is 0 Å². The molecule has 0 spiro atoms. The molecule has 2 heterocycles. The predicted octanol–water partition coefficient (Wildman–Crippen LogP) is 2.85. The predicted molar refractivity (Wildman–Crippen MR) is 93.8 cm³/mol. The van der Waals surface area contributed by atoms with Crippen molar-refractivity contribution in [1.29, 1.82) is 0 Å². The third-order valence-corrected chi connectivity index (χ3v) is 3.72. The Bertz CT molecular complexity index is 918. The van der Waals surface area contributed by atoms with E-state index in [9.17, 15) is 9.59 Å². The molecule has 0 atom stereocenters. The van der Waals surface area contributed by atoms with Crippen LogP contribution in [0.1, 0.15) is 21.6 Å². The molecule has 0 aliphatic rings. The number of amides is 3. The van der Waals surface area contributed by atoms with Crippen molar-refractivity contribution >= 4 is 17.8 Å². The molecule has 3 amide bonds. The summed E-state index contributed by atoms with van der Waals surface area (Å²) in [5, 5.41) is 9.08. The van der Waals surface area contributed by atoms with Crippen LogP contribution < -0.4 is 10.6 Å². The van der Waals surface area contributed by atoms with Crippen LogP contribution in [0.4, 0.5) is 10.6 Å². The van der Waals surface area contributed by atoms with Crippen LogP contribution in [0.15, 0.2) is 54.9 Å². The highest BCUT2D eigenvalue weighted by atomic mass is 16.2. The van der Waals surface area contributed by atoms with Gasteiger partial charge in [-0.1, -0.05) is 24.3 Å². The van der Waals surface area contributed by atoms with E-state index < -0.39 is 11.9 Å². The van der Waals surface area contributed by atoms with Crippen LogP contribution in [0.2, 0.25) is 0 Å². The van der Waals surface area contributed by atoms with Crippen molar-refractivity contribution < 1.29 is 9.59 Å². The summed E-state index contributed by atoms with van der Waals surface area (Å²) in [6, 6.07) is 12.4. The minimum atomic E-state index is -0.640. The average Bonchev–Trinajstić information content (AvgIpc) is 2.99. The summed E-state index contributed by atoms with van der Waals surface area (Å²) in [6.07, 6.45) is 3.01. The SMILES string of the molecule is Cc1cccnc1NC(=O)NC(=O)c1cnn(-c2ccccc2)c1C. The maximum atomic E-state index is 12.4. The fourth-order valence-corrected chi connectivity index (χ4v) is 2.39. The summed E-state index contributed by atoms with van der Waals surface area (Å²) in [5.74, 6) is -0.115. The van der Waals surface area contributed by atoms with Crippen molar-refractivity contribution in [2.24, 2.45) is 0 Å². The van der Waals surface area contributed by atoms with Crippen molar-refractivity contribution in [3.05, 3.63) is 71.7 Å². The van der Waals surface area contributed by atoms with Crippen LogP contribution in [0.3, 0.4) is 0 Å². The van der Waals surface area contributed by atoms with E-state index in [0.717, 1.165) is 11.3 Å². The molecule has 1 aromatic carbocycles. The molecule has 0 saturated heterocycles. The summed E-state index contributed by atoms with van der Waals surface area (Å²) < 4.78 is 1.65. The first-order chi connectivity index (χ1) is 12.1. The molecule has 3 rings (SSSR count). The summed E-state index contributed by atoms with van der Waals surface area (Å²) in [7, 11) is 0. The number of rotatable bonds is 3. The first-order valence-electron chi connectivity index (χ1n) is 7.70. The molecule has 126 valence electrons. The van der Waals surface area contributed by atoms with E-state index in [1.807, 2.05) is 43.3 Å². The number of aryl methyl sites for hydroxylation is 1. The Balaban J connectivity index is 1.73. The molecule has 2 N–H and O–H groups in total. The monoisotopic (exact) mass is 335 g/mol. The molecule has 25 heavy (non-hydrogen) atoms. The number of pyridine rings is 1. The van der Waals surface area contributed by atoms with E-state index >= 15 is 0 Å². The summed E-state index contributed by atoms with van der Waals surface area (Å²) in [6.45, 7) is 3.59. The van der Waals surface area contributed by atoms with E-state index in [1.165, 1.54) is 6.20 Å². The lowest BCUT2D eigenvalue weighted by molar-refractivity contribution is 0.0966. The number of carbonyl (C=O) groups excluding carboxylic acids is 2. The number of para-hydroxylation sites is 1. The number of benzene rings is 1. The summed E-state index contributed by atoms with van der Waals surface area (Å²) in [4.78, 5) is 28.4. The van der Waals surface area contributed by atoms with Crippen LogP contribution in [0.5, 0.6) is 0 Å².